The summed E-state index contributed by atoms with van der Waals surface area (Å²) < 4.78 is 5.35. The number of amides is 1. The summed E-state index contributed by atoms with van der Waals surface area (Å²) in [5, 5.41) is 6.35. The number of hydrogen-bond donors (Lipinski definition) is 2. The van der Waals surface area contributed by atoms with E-state index in [4.69, 9.17) is 4.74 Å². The summed E-state index contributed by atoms with van der Waals surface area (Å²) in [7, 11) is 2.15. The lowest BCUT2D eigenvalue weighted by molar-refractivity contribution is -0.118. The molecular formula is C14H19N3O2. The maximum atomic E-state index is 11.3. The van der Waals surface area contributed by atoms with E-state index < -0.39 is 0 Å². The van der Waals surface area contributed by atoms with Gasteiger partial charge in [0.2, 0.25) is 0 Å². The Kier molecular flexibility index (Phi) is 3.06. The second-order valence-corrected chi connectivity index (χ2v) is 5.41. The molecule has 1 amide bonds. The second kappa shape index (κ2) is 4.74. The summed E-state index contributed by atoms with van der Waals surface area (Å²) in [6.45, 7) is 3.38. The molecule has 0 aliphatic carbocycles. The van der Waals surface area contributed by atoms with Crippen LogP contribution in [0.5, 0.6) is 5.75 Å². The molecule has 0 radical (unpaired) electrons. The Morgan fingerprint density at radius 2 is 2.32 bits per heavy atom. The van der Waals surface area contributed by atoms with E-state index in [0.717, 1.165) is 30.1 Å². The van der Waals surface area contributed by atoms with Crippen LogP contribution in [-0.4, -0.2) is 43.1 Å². The fourth-order valence-electron chi connectivity index (χ4n) is 2.71. The van der Waals surface area contributed by atoms with Crippen LogP contribution in [-0.2, 0) is 4.79 Å². The topological polar surface area (TPSA) is 53.6 Å². The quantitative estimate of drug-likeness (QED) is 0.847. The van der Waals surface area contributed by atoms with E-state index in [1.165, 1.54) is 0 Å². The number of nitrogens with one attached hydrogen (secondary N) is 2. The number of carbonyl (C=O) groups is 1. The average molecular weight is 261 g/mol. The fourth-order valence-corrected chi connectivity index (χ4v) is 2.71. The summed E-state index contributed by atoms with van der Waals surface area (Å²) in [5.74, 6) is 0.640. The van der Waals surface area contributed by atoms with Crippen molar-refractivity contribution < 1.29 is 9.53 Å². The first-order valence-corrected chi connectivity index (χ1v) is 6.65. The van der Waals surface area contributed by atoms with Gasteiger partial charge in [0.25, 0.3) is 5.91 Å². The van der Waals surface area contributed by atoms with Gasteiger partial charge in [-0.15, -0.1) is 0 Å². The predicted octanol–water partition coefficient (Wildman–Crippen LogP) is 1.52. The molecule has 2 atom stereocenters. The first kappa shape index (κ1) is 12.3. The van der Waals surface area contributed by atoms with Crippen molar-refractivity contribution >= 4 is 17.3 Å². The molecule has 5 heteroatoms. The van der Waals surface area contributed by atoms with Gasteiger partial charge in [-0.2, -0.15) is 0 Å². The zero-order chi connectivity index (χ0) is 13.4. The van der Waals surface area contributed by atoms with Crippen LogP contribution in [0.1, 0.15) is 13.3 Å². The number of likely N-dealkylation sites (N-methyl/N-ethyl adjacent to an activating group) is 1. The molecule has 5 nitrogen and oxygen atoms in total. The highest BCUT2D eigenvalue weighted by Crippen LogP contribution is 2.31. The van der Waals surface area contributed by atoms with Crippen LogP contribution in [0.4, 0.5) is 11.4 Å². The molecule has 102 valence electrons. The highest BCUT2D eigenvalue weighted by atomic mass is 16.5. The number of benzene rings is 1. The summed E-state index contributed by atoms with van der Waals surface area (Å²) in [4.78, 5) is 13.7. The SMILES string of the molecule is CC1CC(Nc2ccc3c(c2)NC(=O)CO3)CN1C. The minimum absolute atomic E-state index is 0.0983. The third-order valence-corrected chi connectivity index (χ3v) is 3.87. The van der Waals surface area contributed by atoms with Crippen molar-refractivity contribution in [1.29, 1.82) is 0 Å². The Balaban J connectivity index is 1.72. The lowest BCUT2D eigenvalue weighted by atomic mass is 10.1. The maximum Gasteiger partial charge on any atom is 0.262 e. The van der Waals surface area contributed by atoms with Crippen LogP contribution in [0.15, 0.2) is 18.2 Å². The molecule has 1 aromatic carbocycles. The van der Waals surface area contributed by atoms with Gasteiger partial charge in [0.1, 0.15) is 5.75 Å². The largest absolute Gasteiger partial charge is 0.482 e. The van der Waals surface area contributed by atoms with Crippen molar-refractivity contribution in [3.63, 3.8) is 0 Å². The minimum atomic E-state index is -0.0983. The van der Waals surface area contributed by atoms with E-state index in [-0.39, 0.29) is 12.5 Å². The molecule has 1 fully saturated rings. The van der Waals surface area contributed by atoms with Crippen LogP contribution in [0.2, 0.25) is 0 Å². The Morgan fingerprint density at radius 3 is 3.05 bits per heavy atom. The number of hydrogen-bond acceptors (Lipinski definition) is 4. The summed E-state index contributed by atoms with van der Waals surface area (Å²) in [5.41, 5.74) is 1.78. The van der Waals surface area contributed by atoms with Gasteiger partial charge in [0, 0.05) is 24.3 Å². The van der Waals surface area contributed by atoms with Gasteiger partial charge in [0.15, 0.2) is 6.61 Å². The predicted molar refractivity (Wildman–Crippen MR) is 74.7 cm³/mol. The van der Waals surface area contributed by atoms with Crippen LogP contribution < -0.4 is 15.4 Å². The minimum Gasteiger partial charge on any atom is -0.482 e. The number of ether oxygens (including phenoxy) is 1. The zero-order valence-corrected chi connectivity index (χ0v) is 11.3. The highest BCUT2D eigenvalue weighted by molar-refractivity contribution is 5.96. The van der Waals surface area contributed by atoms with Gasteiger partial charge in [-0.05, 0) is 38.6 Å². The van der Waals surface area contributed by atoms with Gasteiger partial charge in [-0.25, -0.2) is 0 Å². The third kappa shape index (κ3) is 2.51. The Labute approximate surface area is 112 Å². The van der Waals surface area contributed by atoms with Crippen molar-refractivity contribution in [3.05, 3.63) is 18.2 Å². The third-order valence-electron chi connectivity index (χ3n) is 3.87. The summed E-state index contributed by atoms with van der Waals surface area (Å²) in [6, 6.07) is 6.91. The fraction of sp³-hybridized carbons (Fsp3) is 0.500. The van der Waals surface area contributed by atoms with Gasteiger partial charge in [-0.1, -0.05) is 0 Å². The van der Waals surface area contributed by atoms with E-state index in [1.54, 1.807) is 0 Å². The molecule has 0 spiro atoms. The number of rotatable bonds is 2. The number of likely N-dealkylation sites (tertiary alicyclic amines) is 1. The molecule has 2 aliphatic rings. The van der Waals surface area contributed by atoms with Gasteiger partial charge < -0.3 is 20.3 Å². The first-order valence-electron chi connectivity index (χ1n) is 6.65. The Hall–Kier alpha value is -1.75. The highest BCUT2D eigenvalue weighted by Gasteiger charge is 2.26. The Morgan fingerprint density at radius 1 is 1.47 bits per heavy atom. The molecule has 19 heavy (non-hydrogen) atoms. The smallest absolute Gasteiger partial charge is 0.262 e. The van der Waals surface area contributed by atoms with E-state index in [2.05, 4.69) is 29.5 Å². The molecule has 3 rings (SSSR count). The van der Waals surface area contributed by atoms with E-state index in [1.807, 2.05) is 18.2 Å². The molecule has 2 N–H and O–H groups in total. The van der Waals surface area contributed by atoms with E-state index in [9.17, 15) is 4.79 Å². The molecule has 1 saturated heterocycles. The summed E-state index contributed by atoms with van der Waals surface area (Å²) in [6.07, 6.45) is 1.14. The van der Waals surface area contributed by atoms with Crippen molar-refractivity contribution in [3.8, 4) is 5.75 Å². The molecule has 2 unspecified atom stereocenters. The van der Waals surface area contributed by atoms with Crippen molar-refractivity contribution in [2.24, 2.45) is 0 Å². The van der Waals surface area contributed by atoms with E-state index >= 15 is 0 Å². The first-order chi connectivity index (χ1) is 9.11. The molecule has 2 aliphatic heterocycles. The molecular weight excluding hydrogens is 242 g/mol. The maximum absolute atomic E-state index is 11.3. The van der Waals surface area contributed by atoms with Gasteiger partial charge in [-0.3, -0.25) is 4.79 Å². The van der Waals surface area contributed by atoms with Crippen molar-refractivity contribution in [2.75, 3.05) is 30.8 Å². The van der Waals surface area contributed by atoms with Crippen molar-refractivity contribution in [1.82, 2.24) is 4.90 Å². The average Bonchev–Trinajstić information content (AvgIpc) is 2.67. The monoisotopic (exact) mass is 261 g/mol. The number of anilines is 2. The number of carbonyl (C=O) groups excluding carboxylic acids is 1. The van der Waals surface area contributed by atoms with Gasteiger partial charge in [0.05, 0.1) is 5.69 Å². The summed E-state index contributed by atoms with van der Waals surface area (Å²) >= 11 is 0. The molecule has 1 aromatic rings. The zero-order valence-electron chi connectivity index (χ0n) is 11.3. The van der Waals surface area contributed by atoms with Crippen LogP contribution in [0, 0.1) is 0 Å². The normalized spacial score (nSPS) is 26.5. The van der Waals surface area contributed by atoms with Crippen LogP contribution in [0.25, 0.3) is 0 Å². The van der Waals surface area contributed by atoms with Crippen LogP contribution >= 0.6 is 0 Å². The number of fused-ring (bicyclic) bond motifs is 1. The second-order valence-electron chi connectivity index (χ2n) is 5.41. The van der Waals surface area contributed by atoms with Crippen LogP contribution in [0.3, 0.4) is 0 Å². The standard InChI is InChI=1S/C14H19N3O2/c1-9-5-11(7-17(9)2)15-10-3-4-13-12(6-10)16-14(18)8-19-13/h3-4,6,9,11,15H,5,7-8H2,1-2H3,(H,16,18). The lowest BCUT2D eigenvalue weighted by Crippen LogP contribution is -2.26. The molecule has 0 saturated carbocycles. The molecule has 2 heterocycles. The molecule has 0 aromatic heterocycles. The molecule has 0 bridgehead atoms. The Bertz CT molecular complexity index is 493. The van der Waals surface area contributed by atoms with E-state index in [0.29, 0.717) is 12.1 Å². The van der Waals surface area contributed by atoms with Gasteiger partial charge >= 0.3 is 0 Å². The van der Waals surface area contributed by atoms with Crippen molar-refractivity contribution in [2.45, 2.75) is 25.4 Å². The number of nitrogens with zero attached hydrogens (tertiary/aromatic N) is 1. The lowest BCUT2D eigenvalue weighted by Gasteiger charge is -2.20.